The molecular weight excluding hydrogens is 358 g/mol. The molecule has 0 saturated carbocycles. The van der Waals surface area contributed by atoms with Gasteiger partial charge in [0.2, 0.25) is 5.62 Å². The minimum Gasteiger partial charge on any atom is -0.314 e. The number of ketones is 1. The molecule has 1 heterocycles. The van der Waals surface area contributed by atoms with Crippen LogP contribution in [-0.2, 0) is 13.6 Å². The van der Waals surface area contributed by atoms with Crippen LogP contribution in [0.5, 0.6) is 0 Å². The Balaban J connectivity index is 1.60. The summed E-state index contributed by atoms with van der Waals surface area (Å²) in [5, 5.41) is 8.41. The van der Waals surface area contributed by atoms with E-state index in [2.05, 4.69) is 36.4 Å². The molecule has 144 valence electrons. The molecule has 0 fully saturated rings. The van der Waals surface area contributed by atoms with Gasteiger partial charge in [0.05, 0.1) is 12.2 Å². The number of hydrogen-bond donors (Lipinski definition) is 1. The fourth-order valence-electron chi connectivity index (χ4n) is 3.44. The Bertz CT molecular complexity index is 1200. The number of nitrogens with zero attached hydrogens (tertiary/aromatic N) is 2. The van der Waals surface area contributed by atoms with Crippen LogP contribution in [0.25, 0.3) is 22.4 Å². The van der Waals surface area contributed by atoms with Crippen LogP contribution in [0.1, 0.15) is 15.9 Å². The van der Waals surface area contributed by atoms with Crippen molar-refractivity contribution in [3.05, 3.63) is 102 Å². The number of aromatic nitrogens is 2. The first kappa shape index (κ1) is 18.7. The molecule has 0 radical (unpaired) electrons. The lowest BCUT2D eigenvalue weighted by Gasteiger charge is -2.05. The second-order valence-electron chi connectivity index (χ2n) is 7.26. The monoisotopic (exact) mass is 381 g/mol. The Morgan fingerprint density at radius 2 is 1.41 bits per heavy atom. The number of Topliss-reactive ketones (excluding diaryl/α,β-unsaturated/α-hetero) is 1. The molecule has 0 aliphatic carbocycles. The highest BCUT2D eigenvalue weighted by Gasteiger charge is 2.12. The van der Waals surface area contributed by atoms with Crippen LogP contribution >= 0.6 is 0 Å². The first-order valence-electron chi connectivity index (χ1n) is 9.59. The number of benzene rings is 3. The van der Waals surface area contributed by atoms with E-state index in [-0.39, 0.29) is 12.3 Å². The van der Waals surface area contributed by atoms with Gasteiger partial charge in [0.15, 0.2) is 5.78 Å². The van der Waals surface area contributed by atoms with Crippen molar-refractivity contribution < 1.29 is 4.79 Å². The van der Waals surface area contributed by atoms with Gasteiger partial charge in [0.1, 0.15) is 0 Å². The Kier molecular flexibility index (Phi) is 5.00. The minimum absolute atomic E-state index is 0.0000699. The third-order valence-corrected chi connectivity index (χ3v) is 5.20. The van der Waals surface area contributed by atoms with Crippen molar-refractivity contribution >= 4 is 5.78 Å². The molecule has 0 aliphatic heterocycles. The normalized spacial score (nSPS) is 10.8. The number of imidazole rings is 1. The van der Waals surface area contributed by atoms with E-state index >= 15 is 0 Å². The summed E-state index contributed by atoms with van der Waals surface area (Å²) in [6.45, 7) is 2.15. The maximum Gasteiger partial charge on any atom is 0.202 e. The molecule has 0 bridgehead atoms. The van der Waals surface area contributed by atoms with E-state index in [9.17, 15) is 4.79 Å². The van der Waals surface area contributed by atoms with E-state index in [1.165, 1.54) is 5.56 Å². The average molecular weight is 381 g/mol. The molecule has 3 aromatic carbocycles. The molecule has 0 spiro atoms. The fraction of sp³-hybridized carbons (Fsp3) is 0.120. The van der Waals surface area contributed by atoms with Gasteiger partial charge in [-0.1, -0.05) is 84.4 Å². The van der Waals surface area contributed by atoms with Gasteiger partial charge in [0, 0.05) is 18.8 Å². The lowest BCUT2D eigenvalue weighted by Crippen LogP contribution is -2.25. The Labute approximate surface area is 170 Å². The van der Waals surface area contributed by atoms with Crippen molar-refractivity contribution in [2.75, 3.05) is 0 Å². The lowest BCUT2D eigenvalue weighted by atomic mass is 10.0. The van der Waals surface area contributed by atoms with Crippen molar-refractivity contribution in [3.8, 4) is 22.4 Å². The molecular formula is C25H23N3O. The topological polar surface area (TPSA) is 50.8 Å². The third kappa shape index (κ3) is 3.83. The highest BCUT2D eigenvalue weighted by atomic mass is 16.1. The van der Waals surface area contributed by atoms with Gasteiger partial charge in [-0.05, 0) is 23.6 Å². The summed E-state index contributed by atoms with van der Waals surface area (Å²) in [6, 6.07) is 26.1. The summed E-state index contributed by atoms with van der Waals surface area (Å²) in [7, 11) is 1.86. The lowest BCUT2D eigenvalue weighted by molar-refractivity contribution is 0.0970. The van der Waals surface area contributed by atoms with E-state index in [0.717, 1.165) is 22.4 Å². The molecule has 29 heavy (non-hydrogen) atoms. The summed E-state index contributed by atoms with van der Waals surface area (Å²) in [6.07, 6.45) is 1.88. The van der Waals surface area contributed by atoms with Crippen LogP contribution in [0.15, 0.2) is 85.1 Å². The molecule has 1 N–H and O–H groups in total. The van der Waals surface area contributed by atoms with Crippen LogP contribution in [0, 0.1) is 12.3 Å². The molecule has 0 unspecified atom stereocenters. The van der Waals surface area contributed by atoms with Crippen molar-refractivity contribution in [1.29, 1.82) is 5.41 Å². The Morgan fingerprint density at radius 1 is 0.828 bits per heavy atom. The molecule has 0 atom stereocenters. The smallest absolute Gasteiger partial charge is 0.202 e. The fourth-order valence-corrected chi connectivity index (χ4v) is 3.44. The zero-order valence-electron chi connectivity index (χ0n) is 16.6. The van der Waals surface area contributed by atoms with Crippen LogP contribution in [0.2, 0.25) is 0 Å². The van der Waals surface area contributed by atoms with E-state index in [1.807, 2.05) is 62.6 Å². The van der Waals surface area contributed by atoms with Gasteiger partial charge >= 0.3 is 0 Å². The zero-order valence-corrected chi connectivity index (χ0v) is 16.6. The summed E-state index contributed by atoms with van der Waals surface area (Å²) in [5.74, 6) is 0.0000699. The quantitative estimate of drug-likeness (QED) is 0.495. The number of aryl methyl sites for hydroxylation is 1. The number of rotatable bonds is 5. The van der Waals surface area contributed by atoms with Crippen molar-refractivity contribution in [3.63, 3.8) is 0 Å². The second-order valence-corrected chi connectivity index (χ2v) is 7.26. The molecule has 0 amide bonds. The second kappa shape index (κ2) is 7.76. The van der Waals surface area contributed by atoms with Gasteiger partial charge in [-0.2, -0.15) is 0 Å². The van der Waals surface area contributed by atoms with E-state index in [4.69, 9.17) is 5.41 Å². The van der Waals surface area contributed by atoms with Gasteiger partial charge in [0.25, 0.3) is 0 Å². The highest BCUT2D eigenvalue weighted by molar-refractivity contribution is 5.95. The molecule has 1 aromatic heterocycles. The summed E-state index contributed by atoms with van der Waals surface area (Å²) >= 11 is 0. The highest BCUT2D eigenvalue weighted by Crippen LogP contribution is 2.24. The Morgan fingerprint density at radius 3 is 2.07 bits per heavy atom. The standard InChI is InChI=1S/C25H23N3O/c1-18-8-10-22(11-9-18)24(29)17-28-16-23(27(2)25(28)26)21-14-12-20(13-15-21)19-6-4-3-5-7-19/h3-16,26H,17H2,1-2H3. The van der Waals surface area contributed by atoms with Crippen molar-refractivity contribution in [2.45, 2.75) is 13.5 Å². The number of hydrogen-bond acceptors (Lipinski definition) is 2. The summed E-state index contributed by atoms with van der Waals surface area (Å²) in [4.78, 5) is 12.6. The summed E-state index contributed by atoms with van der Waals surface area (Å²) in [5.41, 5.74) is 6.33. The van der Waals surface area contributed by atoms with Crippen LogP contribution in [0.3, 0.4) is 0 Å². The minimum atomic E-state index is 0.0000699. The predicted octanol–water partition coefficient (Wildman–Crippen LogP) is 4.83. The third-order valence-electron chi connectivity index (χ3n) is 5.20. The van der Waals surface area contributed by atoms with Crippen LogP contribution < -0.4 is 5.62 Å². The van der Waals surface area contributed by atoms with Gasteiger partial charge in [-0.3, -0.25) is 10.2 Å². The van der Waals surface area contributed by atoms with Crippen LogP contribution in [-0.4, -0.2) is 14.9 Å². The summed E-state index contributed by atoms with van der Waals surface area (Å²) < 4.78 is 3.50. The Hall–Kier alpha value is -3.66. The maximum absolute atomic E-state index is 12.6. The molecule has 4 rings (SSSR count). The van der Waals surface area contributed by atoms with Crippen molar-refractivity contribution in [2.24, 2.45) is 7.05 Å². The van der Waals surface area contributed by atoms with Gasteiger partial charge in [-0.15, -0.1) is 0 Å². The van der Waals surface area contributed by atoms with Crippen molar-refractivity contribution in [1.82, 2.24) is 9.13 Å². The molecule has 4 nitrogen and oxygen atoms in total. The van der Waals surface area contributed by atoms with Gasteiger partial charge in [-0.25, -0.2) is 0 Å². The number of nitrogens with one attached hydrogen (secondary N) is 1. The largest absolute Gasteiger partial charge is 0.314 e. The first-order chi connectivity index (χ1) is 14.0. The average Bonchev–Trinajstić information content (AvgIpc) is 3.03. The number of carbonyl (C=O) groups excluding carboxylic acids is 1. The molecule has 4 aromatic rings. The number of carbonyl (C=O) groups is 1. The van der Waals surface area contributed by atoms with E-state index < -0.39 is 0 Å². The van der Waals surface area contributed by atoms with E-state index in [1.54, 1.807) is 9.13 Å². The molecule has 0 saturated heterocycles. The maximum atomic E-state index is 12.6. The molecule has 4 heteroatoms. The SMILES string of the molecule is Cc1ccc(C(=O)Cn2cc(-c3ccc(-c4ccccc4)cc3)n(C)c2=N)cc1. The molecule has 0 aliphatic rings. The van der Waals surface area contributed by atoms with Crippen LogP contribution in [0.4, 0.5) is 0 Å². The van der Waals surface area contributed by atoms with Gasteiger partial charge < -0.3 is 9.13 Å². The van der Waals surface area contributed by atoms with E-state index in [0.29, 0.717) is 11.2 Å². The predicted molar refractivity (Wildman–Crippen MR) is 116 cm³/mol. The zero-order chi connectivity index (χ0) is 20.4. The first-order valence-corrected chi connectivity index (χ1v) is 9.59.